The predicted octanol–water partition coefficient (Wildman–Crippen LogP) is 2.20. The van der Waals surface area contributed by atoms with Crippen LogP contribution in [0.3, 0.4) is 0 Å². The lowest BCUT2D eigenvalue weighted by Gasteiger charge is -2.11. The molecule has 0 heterocycles. The monoisotopic (exact) mass is 210 g/mol. The van der Waals surface area contributed by atoms with Crippen molar-refractivity contribution in [3.8, 4) is 18.2 Å². The largest absolute Gasteiger partial charge is 0.255 e. The Bertz CT molecular complexity index is 521. The summed E-state index contributed by atoms with van der Waals surface area (Å²) < 4.78 is 0. The first-order valence-electron chi connectivity index (χ1n) is 4.32. The minimum Gasteiger partial charge on any atom is -0.195 e. The minimum atomic E-state index is -1.98. The summed E-state index contributed by atoms with van der Waals surface area (Å²) in [6.45, 7) is 1.73. The highest BCUT2D eigenvalue weighted by molar-refractivity contribution is 5.61. The maximum atomic E-state index is 10.6. The van der Waals surface area contributed by atoms with Crippen LogP contribution in [0.4, 0.5) is 5.69 Å². The van der Waals surface area contributed by atoms with E-state index < -0.39 is 5.41 Å². The molecule has 5 nitrogen and oxygen atoms in total. The molecule has 76 valence electrons. The first-order chi connectivity index (χ1) is 7.63. The number of aryl methyl sites for hydroxylation is 1. The van der Waals surface area contributed by atoms with E-state index in [-0.39, 0.29) is 11.3 Å². The van der Waals surface area contributed by atoms with Crippen molar-refractivity contribution in [2.45, 2.75) is 12.3 Å². The smallest absolute Gasteiger partial charge is 0.195 e. The third kappa shape index (κ3) is 1.61. The van der Waals surface area contributed by atoms with Gasteiger partial charge in [-0.25, -0.2) is 0 Å². The summed E-state index contributed by atoms with van der Waals surface area (Å²) >= 11 is 0. The van der Waals surface area contributed by atoms with Crippen molar-refractivity contribution in [3.63, 3.8) is 0 Å². The molecule has 1 rings (SSSR count). The first kappa shape index (κ1) is 11.4. The molecule has 0 aromatic heterocycles. The third-order valence-electron chi connectivity index (χ3n) is 2.16. The number of hydrogen-bond donors (Lipinski definition) is 0. The SMILES string of the molecule is Cc1ccc(N=O)c(C(C#N)(C#N)C#N)c1. The Balaban J connectivity index is 3.62. The summed E-state index contributed by atoms with van der Waals surface area (Å²) in [5.74, 6) is 0. The van der Waals surface area contributed by atoms with Gasteiger partial charge in [0.2, 0.25) is 0 Å². The minimum absolute atomic E-state index is 0.0370. The Hall–Kier alpha value is -2.71. The summed E-state index contributed by atoms with van der Waals surface area (Å²) in [5.41, 5.74) is -1.26. The van der Waals surface area contributed by atoms with Gasteiger partial charge in [0.25, 0.3) is 5.41 Å². The fourth-order valence-electron chi connectivity index (χ4n) is 1.29. The Morgan fingerprint density at radius 1 is 1.19 bits per heavy atom. The van der Waals surface area contributed by atoms with E-state index in [0.717, 1.165) is 5.56 Å². The van der Waals surface area contributed by atoms with Crippen LogP contribution in [0.15, 0.2) is 23.4 Å². The third-order valence-corrected chi connectivity index (χ3v) is 2.16. The number of benzene rings is 1. The van der Waals surface area contributed by atoms with Gasteiger partial charge in [-0.05, 0) is 18.2 Å². The molecule has 5 heteroatoms. The Morgan fingerprint density at radius 3 is 2.19 bits per heavy atom. The number of nitriles is 3. The molecule has 16 heavy (non-hydrogen) atoms. The summed E-state index contributed by atoms with van der Waals surface area (Å²) in [5, 5.41) is 29.4. The van der Waals surface area contributed by atoms with Gasteiger partial charge in [0, 0.05) is 5.56 Å². The standard InChI is InChI=1S/C11H6N4O/c1-8-2-3-10(15-16)9(4-8)11(5-12,6-13)7-14/h2-4H,1H3. The molecule has 1 aromatic rings. The van der Waals surface area contributed by atoms with Gasteiger partial charge in [-0.2, -0.15) is 15.8 Å². The van der Waals surface area contributed by atoms with Gasteiger partial charge in [-0.3, -0.25) is 0 Å². The van der Waals surface area contributed by atoms with E-state index >= 15 is 0 Å². The van der Waals surface area contributed by atoms with Crippen LogP contribution in [-0.2, 0) is 5.41 Å². The fourth-order valence-corrected chi connectivity index (χ4v) is 1.29. The Labute approximate surface area is 92.1 Å². The predicted molar refractivity (Wildman–Crippen MR) is 55.2 cm³/mol. The van der Waals surface area contributed by atoms with Crippen molar-refractivity contribution in [2.24, 2.45) is 5.18 Å². The van der Waals surface area contributed by atoms with Crippen LogP contribution in [0.25, 0.3) is 0 Å². The van der Waals surface area contributed by atoms with Crippen molar-refractivity contribution in [1.29, 1.82) is 15.8 Å². The average molecular weight is 210 g/mol. The molecule has 0 aliphatic rings. The lowest BCUT2D eigenvalue weighted by atomic mass is 9.83. The van der Waals surface area contributed by atoms with Gasteiger partial charge in [-0.15, -0.1) is 4.91 Å². The molecule has 1 aromatic carbocycles. The zero-order chi connectivity index (χ0) is 12.2. The highest BCUT2D eigenvalue weighted by Gasteiger charge is 2.35. The van der Waals surface area contributed by atoms with Gasteiger partial charge in [0.1, 0.15) is 23.9 Å². The zero-order valence-electron chi connectivity index (χ0n) is 8.43. The van der Waals surface area contributed by atoms with Gasteiger partial charge in [0.05, 0.1) is 0 Å². The van der Waals surface area contributed by atoms with E-state index in [1.807, 2.05) is 0 Å². The molecular weight excluding hydrogens is 204 g/mol. The van der Waals surface area contributed by atoms with Gasteiger partial charge >= 0.3 is 0 Å². The van der Waals surface area contributed by atoms with Crippen LogP contribution in [-0.4, -0.2) is 0 Å². The van der Waals surface area contributed by atoms with Crippen LogP contribution in [0.1, 0.15) is 11.1 Å². The summed E-state index contributed by atoms with van der Waals surface area (Å²) in [4.78, 5) is 10.6. The molecule has 0 saturated carbocycles. The highest BCUT2D eigenvalue weighted by Crippen LogP contribution is 2.31. The molecule has 0 radical (unpaired) electrons. The molecule has 0 spiro atoms. The molecule has 0 atom stereocenters. The Morgan fingerprint density at radius 2 is 1.75 bits per heavy atom. The lowest BCUT2D eigenvalue weighted by molar-refractivity contribution is 0.902. The van der Waals surface area contributed by atoms with E-state index in [2.05, 4.69) is 5.18 Å². The van der Waals surface area contributed by atoms with Crippen molar-refractivity contribution in [2.75, 3.05) is 0 Å². The van der Waals surface area contributed by atoms with E-state index in [1.165, 1.54) is 12.1 Å². The van der Waals surface area contributed by atoms with Crippen LogP contribution in [0.2, 0.25) is 0 Å². The topological polar surface area (TPSA) is 101 Å². The van der Waals surface area contributed by atoms with Gasteiger partial charge in [0.15, 0.2) is 0 Å². The summed E-state index contributed by atoms with van der Waals surface area (Å²) in [6.07, 6.45) is 0. The molecule has 0 fully saturated rings. The molecule has 0 aliphatic carbocycles. The van der Waals surface area contributed by atoms with Crippen molar-refractivity contribution in [3.05, 3.63) is 34.2 Å². The normalized spacial score (nSPS) is 9.62. The molecular formula is C11H6N4O. The van der Waals surface area contributed by atoms with Crippen LogP contribution < -0.4 is 0 Å². The van der Waals surface area contributed by atoms with Crippen molar-refractivity contribution in [1.82, 2.24) is 0 Å². The molecule has 0 aliphatic heterocycles. The summed E-state index contributed by atoms with van der Waals surface area (Å²) in [7, 11) is 0. The number of rotatable bonds is 2. The van der Waals surface area contributed by atoms with E-state index in [4.69, 9.17) is 15.8 Å². The van der Waals surface area contributed by atoms with Crippen LogP contribution in [0.5, 0.6) is 0 Å². The molecule has 0 bridgehead atoms. The quantitative estimate of drug-likeness (QED) is 0.698. The second-order valence-corrected chi connectivity index (χ2v) is 3.20. The van der Waals surface area contributed by atoms with Crippen LogP contribution in [0, 0.1) is 45.8 Å². The van der Waals surface area contributed by atoms with E-state index in [1.54, 1.807) is 31.2 Å². The Kier molecular flexibility index (Phi) is 2.99. The van der Waals surface area contributed by atoms with Gasteiger partial charge in [-0.1, -0.05) is 17.7 Å². The fraction of sp³-hybridized carbons (Fsp3) is 0.182. The molecule has 0 unspecified atom stereocenters. The molecule has 0 amide bonds. The lowest BCUT2D eigenvalue weighted by Crippen LogP contribution is -2.19. The van der Waals surface area contributed by atoms with Crippen LogP contribution >= 0.6 is 0 Å². The average Bonchev–Trinajstić information content (AvgIpc) is 2.32. The zero-order valence-corrected chi connectivity index (χ0v) is 8.43. The molecule has 0 saturated heterocycles. The number of nitroso groups, excluding NO2 is 1. The number of nitrogens with zero attached hydrogens (tertiary/aromatic N) is 4. The molecule has 0 N–H and O–H groups in total. The second-order valence-electron chi connectivity index (χ2n) is 3.20. The summed E-state index contributed by atoms with van der Waals surface area (Å²) in [6, 6.07) is 9.30. The maximum Gasteiger partial charge on any atom is 0.255 e. The van der Waals surface area contributed by atoms with Crippen molar-refractivity contribution < 1.29 is 0 Å². The first-order valence-corrected chi connectivity index (χ1v) is 4.32. The van der Waals surface area contributed by atoms with E-state index in [0.29, 0.717) is 0 Å². The second kappa shape index (κ2) is 4.21. The van der Waals surface area contributed by atoms with Crippen molar-refractivity contribution >= 4 is 5.69 Å². The highest BCUT2D eigenvalue weighted by atomic mass is 16.3. The number of hydrogen-bond acceptors (Lipinski definition) is 5. The maximum absolute atomic E-state index is 10.6. The van der Waals surface area contributed by atoms with Gasteiger partial charge < -0.3 is 0 Å². The van der Waals surface area contributed by atoms with E-state index in [9.17, 15) is 4.91 Å².